The van der Waals surface area contributed by atoms with Gasteiger partial charge in [0, 0.05) is 37.8 Å². The Balaban J connectivity index is 1.51. The van der Waals surface area contributed by atoms with Crippen molar-refractivity contribution in [1.29, 1.82) is 0 Å². The number of hydrogen-bond donors (Lipinski definition) is 1. The summed E-state index contributed by atoms with van der Waals surface area (Å²) in [6, 6.07) is 20.1. The van der Waals surface area contributed by atoms with Gasteiger partial charge in [-0.05, 0) is 37.6 Å². The molecular formula is C22H26N4O. The number of nitrogens with zero attached hydrogens (tertiary/aromatic N) is 3. The van der Waals surface area contributed by atoms with Crippen molar-refractivity contribution < 1.29 is 4.79 Å². The first-order valence-electron chi connectivity index (χ1n) is 9.34. The van der Waals surface area contributed by atoms with Crippen molar-refractivity contribution in [3.63, 3.8) is 0 Å². The highest BCUT2D eigenvalue weighted by molar-refractivity contribution is 5.91. The number of anilines is 2. The molecule has 0 fully saturated rings. The quantitative estimate of drug-likeness (QED) is 0.667. The molecular weight excluding hydrogens is 336 g/mol. The summed E-state index contributed by atoms with van der Waals surface area (Å²) >= 11 is 0. The van der Waals surface area contributed by atoms with Crippen LogP contribution in [0.4, 0.5) is 16.2 Å². The molecule has 140 valence electrons. The number of amides is 2. The monoisotopic (exact) mass is 362 g/mol. The molecule has 2 aromatic carbocycles. The highest BCUT2D eigenvalue weighted by Crippen LogP contribution is 2.16. The Morgan fingerprint density at radius 3 is 2.56 bits per heavy atom. The van der Waals surface area contributed by atoms with Gasteiger partial charge in [0.1, 0.15) is 0 Å². The molecule has 3 aromatic rings. The normalized spacial score (nSPS) is 10.6. The summed E-state index contributed by atoms with van der Waals surface area (Å²) in [5.74, 6) is 0. The number of nitrogens with one attached hydrogen (secondary N) is 1. The van der Waals surface area contributed by atoms with E-state index in [0.717, 1.165) is 30.4 Å². The number of benzene rings is 2. The minimum absolute atomic E-state index is 0.116. The largest absolute Gasteiger partial charge is 0.372 e. The number of urea groups is 1. The number of fused-ring (bicyclic) bond motifs is 1. The van der Waals surface area contributed by atoms with Crippen LogP contribution < -0.4 is 10.2 Å². The molecule has 0 spiro atoms. The lowest BCUT2D eigenvalue weighted by Crippen LogP contribution is -2.34. The van der Waals surface area contributed by atoms with E-state index < -0.39 is 0 Å². The topological polar surface area (TPSA) is 48.5 Å². The van der Waals surface area contributed by atoms with Crippen molar-refractivity contribution in [2.75, 3.05) is 36.9 Å². The molecule has 5 heteroatoms. The maximum Gasteiger partial charge on any atom is 0.321 e. The zero-order valence-corrected chi connectivity index (χ0v) is 15.9. The summed E-state index contributed by atoms with van der Waals surface area (Å²) in [5, 5.41) is 3.94. The Morgan fingerprint density at radius 2 is 1.78 bits per heavy atom. The van der Waals surface area contributed by atoms with Crippen LogP contribution in [0.15, 0.2) is 66.9 Å². The molecule has 0 aliphatic rings. The molecule has 3 rings (SSSR count). The predicted molar refractivity (Wildman–Crippen MR) is 112 cm³/mol. The van der Waals surface area contributed by atoms with Crippen molar-refractivity contribution in [3.8, 4) is 0 Å². The van der Waals surface area contributed by atoms with Gasteiger partial charge >= 0.3 is 6.03 Å². The van der Waals surface area contributed by atoms with Gasteiger partial charge in [0.25, 0.3) is 0 Å². The van der Waals surface area contributed by atoms with Gasteiger partial charge in [-0.2, -0.15) is 0 Å². The van der Waals surface area contributed by atoms with E-state index in [-0.39, 0.29) is 6.03 Å². The molecule has 0 unspecified atom stereocenters. The number of rotatable bonds is 7. The fourth-order valence-electron chi connectivity index (χ4n) is 3.07. The van der Waals surface area contributed by atoms with Gasteiger partial charge in [-0.15, -0.1) is 0 Å². The smallest absolute Gasteiger partial charge is 0.321 e. The van der Waals surface area contributed by atoms with Crippen molar-refractivity contribution in [2.24, 2.45) is 0 Å². The van der Waals surface area contributed by atoms with E-state index in [2.05, 4.69) is 46.4 Å². The van der Waals surface area contributed by atoms with E-state index >= 15 is 0 Å². The van der Waals surface area contributed by atoms with Gasteiger partial charge in [-0.25, -0.2) is 4.79 Å². The fraction of sp³-hybridized carbons (Fsp3) is 0.273. The Kier molecular flexibility index (Phi) is 6.26. The minimum atomic E-state index is -0.116. The molecule has 2 amide bonds. The van der Waals surface area contributed by atoms with Crippen LogP contribution in [0.5, 0.6) is 0 Å². The van der Waals surface area contributed by atoms with E-state index in [1.807, 2.05) is 43.4 Å². The summed E-state index contributed by atoms with van der Waals surface area (Å²) in [6.45, 7) is 4.70. The highest BCUT2D eigenvalue weighted by Gasteiger charge is 2.10. The summed E-state index contributed by atoms with van der Waals surface area (Å²) in [6.07, 6.45) is 2.60. The second kappa shape index (κ2) is 9.03. The van der Waals surface area contributed by atoms with Crippen molar-refractivity contribution >= 4 is 28.3 Å². The van der Waals surface area contributed by atoms with Crippen LogP contribution >= 0.6 is 0 Å². The molecule has 1 heterocycles. The zero-order chi connectivity index (χ0) is 19.1. The van der Waals surface area contributed by atoms with E-state index in [1.54, 1.807) is 11.1 Å². The average molecular weight is 362 g/mol. The SMILES string of the molecule is CCN(CCCN(C)C(=O)Nc1cnc2ccccc2c1)c1ccccc1. The third-order valence-electron chi connectivity index (χ3n) is 4.61. The molecule has 1 N–H and O–H groups in total. The fourth-order valence-corrected chi connectivity index (χ4v) is 3.07. The first-order valence-corrected chi connectivity index (χ1v) is 9.34. The second-order valence-electron chi connectivity index (χ2n) is 6.54. The number of pyridine rings is 1. The van der Waals surface area contributed by atoms with Gasteiger partial charge in [-0.3, -0.25) is 4.98 Å². The summed E-state index contributed by atoms with van der Waals surface area (Å²) in [7, 11) is 1.82. The average Bonchev–Trinajstić information content (AvgIpc) is 2.71. The van der Waals surface area contributed by atoms with Gasteiger partial charge in [0.05, 0.1) is 17.4 Å². The molecule has 27 heavy (non-hydrogen) atoms. The first kappa shape index (κ1) is 18.7. The van der Waals surface area contributed by atoms with Crippen LogP contribution in [0.3, 0.4) is 0 Å². The molecule has 0 atom stereocenters. The first-order chi connectivity index (χ1) is 13.2. The second-order valence-corrected chi connectivity index (χ2v) is 6.54. The van der Waals surface area contributed by atoms with E-state index in [1.165, 1.54) is 5.69 Å². The minimum Gasteiger partial charge on any atom is -0.372 e. The summed E-state index contributed by atoms with van der Waals surface area (Å²) in [4.78, 5) is 20.9. The predicted octanol–water partition coefficient (Wildman–Crippen LogP) is 4.62. The Bertz CT molecular complexity index is 882. The van der Waals surface area contributed by atoms with Crippen molar-refractivity contribution in [1.82, 2.24) is 9.88 Å². The highest BCUT2D eigenvalue weighted by atomic mass is 16.2. The third-order valence-corrected chi connectivity index (χ3v) is 4.61. The number of carbonyl (C=O) groups excluding carboxylic acids is 1. The summed E-state index contributed by atoms with van der Waals surface area (Å²) < 4.78 is 0. The number of carbonyl (C=O) groups is 1. The lowest BCUT2D eigenvalue weighted by Gasteiger charge is -2.25. The van der Waals surface area contributed by atoms with Crippen LogP contribution in [0, 0.1) is 0 Å². The van der Waals surface area contributed by atoms with Crippen LogP contribution in [-0.4, -0.2) is 42.6 Å². The van der Waals surface area contributed by atoms with E-state index in [4.69, 9.17) is 0 Å². The molecule has 0 aliphatic heterocycles. The zero-order valence-electron chi connectivity index (χ0n) is 15.9. The van der Waals surface area contributed by atoms with E-state index in [0.29, 0.717) is 12.2 Å². The lowest BCUT2D eigenvalue weighted by molar-refractivity contribution is 0.222. The van der Waals surface area contributed by atoms with Crippen LogP contribution in [0.1, 0.15) is 13.3 Å². The Labute approximate surface area is 160 Å². The number of hydrogen-bond acceptors (Lipinski definition) is 3. The molecule has 1 aromatic heterocycles. The Hall–Kier alpha value is -3.08. The van der Waals surface area contributed by atoms with Gasteiger partial charge in [0.2, 0.25) is 0 Å². The maximum absolute atomic E-state index is 12.4. The van der Waals surface area contributed by atoms with Gasteiger partial charge in [0.15, 0.2) is 0 Å². The van der Waals surface area contributed by atoms with Gasteiger partial charge < -0.3 is 15.1 Å². The van der Waals surface area contributed by atoms with Crippen LogP contribution in [0.2, 0.25) is 0 Å². The van der Waals surface area contributed by atoms with E-state index in [9.17, 15) is 4.79 Å². The molecule has 0 radical (unpaired) electrons. The van der Waals surface area contributed by atoms with Crippen LogP contribution in [-0.2, 0) is 0 Å². The van der Waals surface area contributed by atoms with Crippen molar-refractivity contribution in [3.05, 3.63) is 66.9 Å². The maximum atomic E-state index is 12.4. The third kappa shape index (κ3) is 4.97. The molecule has 0 bridgehead atoms. The number of para-hydroxylation sites is 2. The molecule has 0 saturated carbocycles. The standard InChI is InChI=1S/C22H26N4O/c1-3-26(20-11-5-4-6-12-20)15-9-14-25(2)22(27)24-19-16-18-10-7-8-13-21(18)23-17-19/h4-8,10-13,16-17H,3,9,14-15H2,1-2H3,(H,24,27). The summed E-state index contributed by atoms with van der Waals surface area (Å²) in [5.41, 5.74) is 2.85. The Morgan fingerprint density at radius 1 is 1.04 bits per heavy atom. The molecule has 0 saturated heterocycles. The molecule has 5 nitrogen and oxygen atoms in total. The van der Waals surface area contributed by atoms with Gasteiger partial charge in [-0.1, -0.05) is 36.4 Å². The molecule has 0 aliphatic carbocycles. The van der Waals surface area contributed by atoms with Crippen molar-refractivity contribution in [2.45, 2.75) is 13.3 Å². The van der Waals surface area contributed by atoms with Crippen LogP contribution in [0.25, 0.3) is 10.9 Å². The lowest BCUT2D eigenvalue weighted by atomic mass is 10.2. The number of aromatic nitrogens is 1.